The van der Waals surface area contributed by atoms with Gasteiger partial charge in [0.25, 0.3) is 0 Å². The molecule has 5 nitrogen and oxygen atoms in total. The summed E-state index contributed by atoms with van der Waals surface area (Å²) in [6.07, 6.45) is 1.47. The fraction of sp³-hybridized carbons (Fsp3) is 0.0909. The third-order valence-corrected chi connectivity index (χ3v) is 3.10. The maximum absolute atomic E-state index is 11.5. The van der Waals surface area contributed by atoms with Gasteiger partial charge in [0.15, 0.2) is 5.03 Å². The molecule has 0 bridgehead atoms. The molecule has 17 heavy (non-hydrogen) atoms. The number of nitrogen functional groups attached to an aromatic ring is 1. The van der Waals surface area contributed by atoms with Crippen molar-refractivity contribution >= 4 is 16.6 Å². The summed E-state index contributed by atoms with van der Waals surface area (Å²) in [5.74, 6) is 0.212. The number of rotatable bonds is 2. The zero-order valence-corrected chi connectivity index (χ0v) is 9.94. The third-order valence-electron chi connectivity index (χ3n) is 2.27. The van der Waals surface area contributed by atoms with Crippen LogP contribution in [0.1, 0.15) is 5.56 Å². The Bertz CT molecular complexity index is 612. The van der Waals surface area contributed by atoms with Gasteiger partial charge in [-0.25, -0.2) is 4.68 Å². The standard InChI is InChI=1S/C11H10N4OS/c1-17(16)11-9(7-12)10(13)15(14-11)8-5-3-2-4-6-8/h2-6H,13H2,1H3. The summed E-state index contributed by atoms with van der Waals surface area (Å²) in [5.41, 5.74) is 6.74. The van der Waals surface area contributed by atoms with Crippen LogP contribution in [0, 0.1) is 11.3 Å². The highest BCUT2D eigenvalue weighted by atomic mass is 32.2. The molecule has 0 amide bonds. The molecule has 0 saturated heterocycles. The lowest BCUT2D eigenvalue weighted by molar-refractivity contribution is 0.681. The summed E-state index contributed by atoms with van der Waals surface area (Å²) in [6.45, 7) is 0. The van der Waals surface area contributed by atoms with Crippen LogP contribution in [0.25, 0.3) is 5.69 Å². The van der Waals surface area contributed by atoms with Crippen molar-refractivity contribution in [3.8, 4) is 11.8 Å². The van der Waals surface area contributed by atoms with Crippen molar-refractivity contribution in [3.05, 3.63) is 35.9 Å². The second-order valence-corrected chi connectivity index (χ2v) is 4.67. The number of anilines is 1. The lowest BCUT2D eigenvalue weighted by atomic mass is 10.3. The Balaban J connectivity index is 2.66. The van der Waals surface area contributed by atoms with Crippen molar-refractivity contribution in [1.29, 1.82) is 5.26 Å². The Hall–Kier alpha value is -2.13. The van der Waals surface area contributed by atoms with Gasteiger partial charge in [0.2, 0.25) is 0 Å². The minimum Gasteiger partial charge on any atom is -0.382 e. The van der Waals surface area contributed by atoms with E-state index in [0.29, 0.717) is 0 Å². The van der Waals surface area contributed by atoms with Crippen LogP contribution in [0.4, 0.5) is 5.82 Å². The highest BCUT2D eigenvalue weighted by Gasteiger charge is 2.18. The average Bonchev–Trinajstić information content (AvgIpc) is 2.67. The van der Waals surface area contributed by atoms with E-state index in [4.69, 9.17) is 11.0 Å². The summed E-state index contributed by atoms with van der Waals surface area (Å²) >= 11 is 0. The summed E-state index contributed by atoms with van der Waals surface area (Å²) in [7, 11) is -1.34. The van der Waals surface area contributed by atoms with Gasteiger partial charge in [-0.2, -0.15) is 10.4 Å². The molecule has 1 aromatic heterocycles. The second kappa shape index (κ2) is 4.39. The third kappa shape index (κ3) is 1.92. The van der Waals surface area contributed by atoms with Crippen molar-refractivity contribution in [2.75, 3.05) is 12.0 Å². The molecule has 0 aliphatic rings. The predicted molar refractivity (Wildman–Crippen MR) is 65.0 cm³/mol. The van der Waals surface area contributed by atoms with E-state index in [2.05, 4.69) is 5.10 Å². The predicted octanol–water partition coefficient (Wildman–Crippen LogP) is 1.06. The molecule has 2 N–H and O–H groups in total. The molecule has 2 rings (SSSR count). The number of para-hydroxylation sites is 1. The quantitative estimate of drug-likeness (QED) is 0.858. The summed E-state index contributed by atoms with van der Waals surface area (Å²) in [6, 6.07) is 11.1. The number of nitrogens with zero attached hydrogens (tertiary/aromatic N) is 3. The van der Waals surface area contributed by atoms with Gasteiger partial charge < -0.3 is 5.73 Å². The first-order valence-electron chi connectivity index (χ1n) is 4.82. The molecule has 1 atom stereocenters. The molecular formula is C11H10N4OS. The zero-order valence-electron chi connectivity index (χ0n) is 9.12. The van der Waals surface area contributed by atoms with Gasteiger partial charge in [-0.1, -0.05) is 18.2 Å². The largest absolute Gasteiger partial charge is 0.382 e. The van der Waals surface area contributed by atoms with E-state index in [9.17, 15) is 4.21 Å². The van der Waals surface area contributed by atoms with E-state index in [1.54, 1.807) is 0 Å². The SMILES string of the molecule is CS(=O)c1nn(-c2ccccc2)c(N)c1C#N. The number of hydrogen-bond donors (Lipinski definition) is 1. The Labute approximate surface area is 101 Å². The van der Waals surface area contributed by atoms with Crippen molar-refractivity contribution < 1.29 is 4.21 Å². The second-order valence-electron chi connectivity index (χ2n) is 3.38. The Morgan fingerprint density at radius 2 is 2.06 bits per heavy atom. The minimum atomic E-state index is -1.34. The average molecular weight is 246 g/mol. The van der Waals surface area contributed by atoms with E-state index < -0.39 is 10.8 Å². The van der Waals surface area contributed by atoms with Gasteiger partial charge in [0, 0.05) is 6.26 Å². The van der Waals surface area contributed by atoms with Crippen LogP contribution >= 0.6 is 0 Å². The molecule has 0 aliphatic carbocycles. The van der Waals surface area contributed by atoms with Crippen LogP contribution in [-0.2, 0) is 10.8 Å². The molecule has 0 radical (unpaired) electrons. The van der Waals surface area contributed by atoms with Crippen molar-refractivity contribution in [2.45, 2.75) is 5.03 Å². The highest BCUT2D eigenvalue weighted by Crippen LogP contribution is 2.21. The van der Waals surface area contributed by atoms with Crippen LogP contribution < -0.4 is 5.73 Å². The normalized spacial score (nSPS) is 12.0. The van der Waals surface area contributed by atoms with Gasteiger partial charge in [0.1, 0.15) is 17.5 Å². The molecule has 0 fully saturated rings. The molecule has 2 aromatic rings. The summed E-state index contributed by atoms with van der Waals surface area (Å²) in [5, 5.41) is 13.3. The maximum Gasteiger partial charge on any atom is 0.169 e. The van der Waals surface area contributed by atoms with Crippen LogP contribution in [0.5, 0.6) is 0 Å². The number of aromatic nitrogens is 2. The molecule has 0 spiro atoms. The van der Waals surface area contributed by atoms with Crippen molar-refractivity contribution in [2.24, 2.45) is 0 Å². The summed E-state index contributed by atoms with van der Waals surface area (Å²) in [4.78, 5) is 0. The maximum atomic E-state index is 11.5. The van der Waals surface area contributed by atoms with Gasteiger partial charge >= 0.3 is 0 Å². The Kier molecular flexibility index (Phi) is 2.93. The van der Waals surface area contributed by atoms with Crippen LogP contribution in [0.2, 0.25) is 0 Å². The first kappa shape index (κ1) is 11.4. The van der Waals surface area contributed by atoms with Gasteiger partial charge in [-0.15, -0.1) is 0 Å². The van der Waals surface area contributed by atoms with Crippen molar-refractivity contribution in [3.63, 3.8) is 0 Å². The molecule has 1 aromatic carbocycles. The number of benzene rings is 1. The first-order valence-corrected chi connectivity index (χ1v) is 6.38. The van der Waals surface area contributed by atoms with E-state index in [-0.39, 0.29) is 16.4 Å². The number of nitriles is 1. The minimum absolute atomic E-state index is 0.176. The summed E-state index contributed by atoms with van der Waals surface area (Å²) < 4.78 is 12.9. The van der Waals surface area contributed by atoms with E-state index >= 15 is 0 Å². The first-order chi connectivity index (χ1) is 8.15. The molecule has 86 valence electrons. The number of hydrogen-bond acceptors (Lipinski definition) is 4. The monoisotopic (exact) mass is 246 g/mol. The van der Waals surface area contributed by atoms with Crippen LogP contribution in [0.3, 0.4) is 0 Å². The molecule has 1 unspecified atom stereocenters. The van der Waals surface area contributed by atoms with Gasteiger partial charge in [-0.05, 0) is 12.1 Å². The van der Waals surface area contributed by atoms with E-state index in [1.807, 2.05) is 36.4 Å². The molecule has 0 saturated carbocycles. The molecule has 1 heterocycles. The fourth-order valence-electron chi connectivity index (χ4n) is 1.48. The number of nitrogens with two attached hydrogens (primary N) is 1. The lowest BCUT2D eigenvalue weighted by Gasteiger charge is -2.02. The van der Waals surface area contributed by atoms with E-state index in [0.717, 1.165) is 5.69 Å². The lowest BCUT2D eigenvalue weighted by Crippen LogP contribution is -2.02. The molecule has 6 heteroatoms. The molecule has 0 aliphatic heterocycles. The topological polar surface area (TPSA) is 84.7 Å². The zero-order chi connectivity index (χ0) is 12.4. The van der Waals surface area contributed by atoms with Gasteiger partial charge in [-0.3, -0.25) is 4.21 Å². The van der Waals surface area contributed by atoms with Crippen LogP contribution in [0.15, 0.2) is 35.4 Å². The van der Waals surface area contributed by atoms with Gasteiger partial charge in [0.05, 0.1) is 16.5 Å². The van der Waals surface area contributed by atoms with E-state index in [1.165, 1.54) is 10.9 Å². The smallest absolute Gasteiger partial charge is 0.169 e. The Morgan fingerprint density at radius 1 is 1.41 bits per heavy atom. The van der Waals surface area contributed by atoms with Crippen molar-refractivity contribution in [1.82, 2.24) is 9.78 Å². The Morgan fingerprint density at radius 3 is 2.53 bits per heavy atom. The van der Waals surface area contributed by atoms with Crippen LogP contribution in [-0.4, -0.2) is 20.2 Å². The highest BCUT2D eigenvalue weighted by molar-refractivity contribution is 7.84. The molecular weight excluding hydrogens is 236 g/mol. The fourth-order valence-corrected chi connectivity index (χ4v) is 2.12.